The first-order valence-electron chi connectivity index (χ1n) is 9.49. The molecule has 4 rings (SSSR count). The Bertz CT molecular complexity index is 1170. The molecule has 3 aromatic carbocycles. The number of aryl methyl sites for hydroxylation is 2. The summed E-state index contributed by atoms with van der Waals surface area (Å²) in [6.07, 6.45) is 1.91. The van der Waals surface area contributed by atoms with Crippen molar-refractivity contribution in [3.8, 4) is 5.75 Å². The number of carbonyl (C=O) groups excluding carboxylic acids is 1. The minimum Gasteiger partial charge on any atom is -0.493 e. The summed E-state index contributed by atoms with van der Waals surface area (Å²) < 4.78 is 6.39. The molecule has 1 fully saturated rings. The Hall–Kier alpha value is -2.63. The molecular formula is C24H21NO2S2. The van der Waals surface area contributed by atoms with Gasteiger partial charge in [-0.2, -0.15) is 0 Å². The first kappa shape index (κ1) is 19.7. The van der Waals surface area contributed by atoms with Crippen LogP contribution >= 0.6 is 24.0 Å². The highest BCUT2D eigenvalue weighted by atomic mass is 32.2. The average molecular weight is 420 g/mol. The molecule has 0 radical (unpaired) electrons. The summed E-state index contributed by atoms with van der Waals surface area (Å²) in [6.45, 7) is 6.61. The summed E-state index contributed by atoms with van der Waals surface area (Å²) in [4.78, 5) is 15.4. The lowest BCUT2D eigenvalue weighted by Gasteiger charge is -2.16. The summed E-state index contributed by atoms with van der Waals surface area (Å²) in [5, 5.41) is 2.15. The molecule has 146 valence electrons. The zero-order valence-corrected chi connectivity index (χ0v) is 18.2. The van der Waals surface area contributed by atoms with Gasteiger partial charge in [0.2, 0.25) is 0 Å². The zero-order chi connectivity index (χ0) is 20.5. The van der Waals surface area contributed by atoms with Gasteiger partial charge < -0.3 is 4.74 Å². The van der Waals surface area contributed by atoms with E-state index in [1.54, 1.807) is 4.90 Å². The van der Waals surface area contributed by atoms with E-state index in [0.717, 1.165) is 33.3 Å². The summed E-state index contributed by atoms with van der Waals surface area (Å²) in [5.41, 5.74) is 4.03. The Morgan fingerprint density at radius 2 is 1.86 bits per heavy atom. The molecule has 0 bridgehead atoms. The van der Waals surface area contributed by atoms with Crippen molar-refractivity contribution in [2.24, 2.45) is 0 Å². The van der Waals surface area contributed by atoms with E-state index < -0.39 is 0 Å². The van der Waals surface area contributed by atoms with Crippen molar-refractivity contribution in [2.75, 3.05) is 11.5 Å². The van der Waals surface area contributed by atoms with Gasteiger partial charge >= 0.3 is 0 Å². The Labute approximate surface area is 180 Å². The molecule has 1 saturated heterocycles. The summed E-state index contributed by atoms with van der Waals surface area (Å²) >= 11 is 6.88. The lowest BCUT2D eigenvalue weighted by atomic mass is 10.0. The van der Waals surface area contributed by atoms with Gasteiger partial charge in [0, 0.05) is 5.56 Å². The number of hydrogen-bond donors (Lipinski definition) is 0. The van der Waals surface area contributed by atoms with Gasteiger partial charge in [-0.25, -0.2) is 0 Å². The Morgan fingerprint density at radius 1 is 1.07 bits per heavy atom. The van der Waals surface area contributed by atoms with Gasteiger partial charge in [-0.15, -0.1) is 0 Å². The van der Waals surface area contributed by atoms with Gasteiger partial charge in [-0.1, -0.05) is 60.4 Å². The molecule has 0 atom stereocenters. The van der Waals surface area contributed by atoms with Crippen LogP contribution in [0.15, 0.2) is 59.5 Å². The van der Waals surface area contributed by atoms with Crippen LogP contribution in [0.25, 0.3) is 16.8 Å². The molecule has 3 aromatic rings. The highest BCUT2D eigenvalue weighted by Crippen LogP contribution is 2.39. The molecule has 0 saturated carbocycles. The molecule has 1 aliphatic heterocycles. The number of carbonyl (C=O) groups is 1. The minimum absolute atomic E-state index is 0.0985. The number of thiocarbonyl (C=S) groups is 1. The fourth-order valence-electron chi connectivity index (χ4n) is 3.39. The predicted molar refractivity (Wildman–Crippen MR) is 127 cm³/mol. The summed E-state index contributed by atoms with van der Waals surface area (Å²) in [5.74, 6) is 0.668. The van der Waals surface area contributed by atoms with Crippen LogP contribution in [-0.2, 0) is 4.79 Å². The summed E-state index contributed by atoms with van der Waals surface area (Å²) in [6, 6.07) is 18.1. The van der Waals surface area contributed by atoms with Crippen LogP contribution < -0.4 is 9.64 Å². The lowest BCUT2D eigenvalue weighted by Crippen LogP contribution is -2.27. The maximum atomic E-state index is 13.2. The molecule has 0 aromatic heterocycles. The third-order valence-corrected chi connectivity index (χ3v) is 6.35. The number of amides is 1. The number of anilines is 1. The van der Waals surface area contributed by atoms with Crippen LogP contribution in [0.5, 0.6) is 5.75 Å². The van der Waals surface area contributed by atoms with Gasteiger partial charge in [0.25, 0.3) is 5.91 Å². The number of thioether (sulfide) groups is 1. The van der Waals surface area contributed by atoms with Crippen molar-refractivity contribution in [1.29, 1.82) is 0 Å². The van der Waals surface area contributed by atoms with E-state index in [0.29, 0.717) is 15.8 Å². The standard InChI is InChI=1S/C24H21NO2S2/c1-4-27-21-12-10-17-7-5-6-8-19(17)20(21)14-22-23(26)25(24(28)29-22)18-11-9-15(2)16(3)13-18/h5-14H,4H2,1-3H3/b22-14+. The molecule has 1 heterocycles. The van der Waals surface area contributed by atoms with Gasteiger partial charge in [0.05, 0.1) is 17.2 Å². The van der Waals surface area contributed by atoms with Crippen molar-refractivity contribution in [1.82, 2.24) is 0 Å². The second-order valence-corrected chi connectivity index (χ2v) is 8.59. The smallest absolute Gasteiger partial charge is 0.270 e. The predicted octanol–water partition coefficient (Wildman–Crippen LogP) is 6.26. The molecule has 1 amide bonds. The van der Waals surface area contributed by atoms with E-state index in [4.69, 9.17) is 17.0 Å². The second kappa shape index (κ2) is 8.01. The van der Waals surface area contributed by atoms with Crippen molar-refractivity contribution in [3.63, 3.8) is 0 Å². The topological polar surface area (TPSA) is 29.5 Å². The van der Waals surface area contributed by atoms with Gasteiger partial charge in [0.15, 0.2) is 4.32 Å². The van der Waals surface area contributed by atoms with E-state index >= 15 is 0 Å². The maximum Gasteiger partial charge on any atom is 0.270 e. The Morgan fingerprint density at radius 3 is 2.62 bits per heavy atom. The van der Waals surface area contributed by atoms with Crippen molar-refractivity contribution in [2.45, 2.75) is 20.8 Å². The molecule has 5 heteroatoms. The molecule has 0 aliphatic carbocycles. The number of benzene rings is 3. The van der Waals surface area contributed by atoms with Crippen LogP contribution in [0.2, 0.25) is 0 Å². The second-order valence-electron chi connectivity index (χ2n) is 6.92. The van der Waals surface area contributed by atoms with E-state index in [1.807, 2.05) is 68.5 Å². The molecule has 0 N–H and O–H groups in total. The normalized spacial score (nSPS) is 15.6. The van der Waals surface area contributed by atoms with Crippen LogP contribution in [0.4, 0.5) is 5.69 Å². The largest absolute Gasteiger partial charge is 0.493 e. The minimum atomic E-state index is -0.0985. The monoisotopic (exact) mass is 419 g/mol. The quantitative estimate of drug-likeness (QED) is 0.369. The van der Waals surface area contributed by atoms with Crippen molar-refractivity contribution in [3.05, 3.63) is 76.2 Å². The van der Waals surface area contributed by atoms with Crippen molar-refractivity contribution < 1.29 is 9.53 Å². The highest BCUT2D eigenvalue weighted by Gasteiger charge is 2.33. The molecule has 0 unspecified atom stereocenters. The maximum absolute atomic E-state index is 13.2. The first-order chi connectivity index (χ1) is 14.0. The number of rotatable bonds is 4. The fraction of sp³-hybridized carbons (Fsp3) is 0.167. The van der Waals surface area contributed by atoms with E-state index in [-0.39, 0.29) is 5.91 Å². The van der Waals surface area contributed by atoms with E-state index in [9.17, 15) is 4.79 Å². The van der Waals surface area contributed by atoms with Crippen LogP contribution in [0.3, 0.4) is 0 Å². The summed E-state index contributed by atoms with van der Waals surface area (Å²) in [7, 11) is 0. The number of ether oxygens (including phenoxy) is 1. The Kier molecular flexibility index (Phi) is 5.43. The Balaban J connectivity index is 1.79. The van der Waals surface area contributed by atoms with E-state index in [2.05, 4.69) is 13.0 Å². The van der Waals surface area contributed by atoms with Crippen LogP contribution in [0.1, 0.15) is 23.6 Å². The zero-order valence-electron chi connectivity index (χ0n) is 16.6. The molecule has 3 nitrogen and oxygen atoms in total. The van der Waals surface area contributed by atoms with Crippen LogP contribution in [-0.4, -0.2) is 16.8 Å². The SMILES string of the molecule is CCOc1ccc2ccccc2c1/C=C1/SC(=S)N(c2ccc(C)c(C)c2)C1=O. The van der Waals surface area contributed by atoms with Gasteiger partial charge in [0.1, 0.15) is 5.75 Å². The molecule has 0 spiro atoms. The highest BCUT2D eigenvalue weighted by molar-refractivity contribution is 8.27. The third-order valence-electron chi connectivity index (χ3n) is 5.05. The van der Waals surface area contributed by atoms with Crippen LogP contribution in [0, 0.1) is 13.8 Å². The first-order valence-corrected chi connectivity index (χ1v) is 10.7. The third kappa shape index (κ3) is 3.68. The molecule has 29 heavy (non-hydrogen) atoms. The number of nitrogens with zero attached hydrogens (tertiary/aromatic N) is 1. The fourth-order valence-corrected chi connectivity index (χ4v) is 4.67. The lowest BCUT2D eigenvalue weighted by molar-refractivity contribution is -0.113. The van der Waals surface area contributed by atoms with E-state index in [1.165, 1.54) is 17.3 Å². The molecule has 1 aliphatic rings. The van der Waals surface area contributed by atoms with Gasteiger partial charge in [-0.3, -0.25) is 9.69 Å². The average Bonchev–Trinajstić information content (AvgIpc) is 2.99. The van der Waals surface area contributed by atoms with Gasteiger partial charge in [-0.05, 0) is 66.9 Å². The molecular weight excluding hydrogens is 398 g/mol. The number of fused-ring (bicyclic) bond motifs is 1. The number of hydrogen-bond acceptors (Lipinski definition) is 4. The van der Waals surface area contributed by atoms with Crippen molar-refractivity contribution >= 4 is 56.7 Å².